The average Bonchev–Trinajstić information content (AvgIpc) is 2.48. The van der Waals surface area contributed by atoms with Gasteiger partial charge in [0.2, 0.25) is 5.91 Å². The van der Waals surface area contributed by atoms with Gasteiger partial charge in [-0.15, -0.1) is 0 Å². The molecule has 0 heterocycles. The molecule has 0 aromatic heterocycles. The first-order valence-electron chi connectivity index (χ1n) is 4.84. The number of hydrogen-bond acceptors (Lipinski definition) is 1. The zero-order chi connectivity index (χ0) is 11.5. The zero-order valence-electron chi connectivity index (χ0n) is 8.11. The SMILES string of the molecule is O=C(CC(F)(F)F)NC1CCCC1CBr. The number of alkyl halides is 4. The minimum atomic E-state index is -4.41. The minimum absolute atomic E-state index is 0.0979. The Morgan fingerprint density at radius 3 is 2.60 bits per heavy atom. The summed E-state index contributed by atoms with van der Waals surface area (Å²) in [7, 11) is 0. The molecule has 0 aromatic rings. The van der Waals surface area contributed by atoms with Gasteiger partial charge in [0.25, 0.3) is 0 Å². The first-order chi connectivity index (χ1) is 6.92. The highest BCUT2D eigenvalue weighted by Gasteiger charge is 2.34. The summed E-state index contributed by atoms with van der Waals surface area (Å²) in [6, 6.07) is -0.0979. The first-order valence-corrected chi connectivity index (χ1v) is 5.96. The highest BCUT2D eigenvalue weighted by atomic mass is 79.9. The van der Waals surface area contributed by atoms with Gasteiger partial charge in [0.1, 0.15) is 6.42 Å². The maximum Gasteiger partial charge on any atom is 0.397 e. The summed E-state index contributed by atoms with van der Waals surface area (Å²) in [5.74, 6) is -0.650. The summed E-state index contributed by atoms with van der Waals surface area (Å²) in [6.07, 6.45) is -3.08. The molecule has 1 N–H and O–H groups in total. The Morgan fingerprint density at radius 1 is 1.40 bits per heavy atom. The van der Waals surface area contributed by atoms with Crippen LogP contribution in [0.15, 0.2) is 0 Å². The minimum Gasteiger partial charge on any atom is -0.353 e. The van der Waals surface area contributed by atoms with E-state index in [1.54, 1.807) is 0 Å². The Bertz CT molecular complexity index is 232. The molecule has 0 aliphatic heterocycles. The molecule has 1 fully saturated rings. The van der Waals surface area contributed by atoms with Crippen LogP contribution in [0, 0.1) is 5.92 Å². The van der Waals surface area contributed by atoms with E-state index in [0.29, 0.717) is 0 Å². The molecule has 2 unspecified atom stereocenters. The van der Waals surface area contributed by atoms with E-state index in [0.717, 1.165) is 24.6 Å². The summed E-state index contributed by atoms with van der Waals surface area (Å²) < 4.78 is 35.7. The molecule has 0 saturated heterocycles. The molecule has 88 valence electrons. The molecule has 0 radical (unpaired) electrons. The monoisotopic (exact) mass is 287 g/mol. The van der Waals surface area contributed by atoms with Gasteiger partial charge in [-0.3, -0.25) is 4.79 Å². The molecule has 0 spiro atoms. The summed E-state index contributed by atoms with van der Waals surface area (Å²) >= 11 is 3.29. The van der Waals surface area contributed by atoms with E-state index < -0.39 is 18.5 Å². The lowest BCUT2D eigenvalue weighted by atomic mass is 10.1. The molecule has 6 heteroatoms. The van der Waals surface area contributed by atoms with E-state index >= 15 is 0 Å². The van der Waals surface area contributed by atoms with Crippen molar-refractivity contribution in [2.24, 2.45) is 5.92 Å². The predicted molar refractivity (Wildman–Crippen MR) is 53.7 cm³/mol. The lowest BCUT2D eigenvalue weighted by molar-refractivity contribution is -0.154. The van der Waals surface area contributed by atoms with Crippen molar-refractivity contribution in [3.63, 3.8) is 0 Å². The number of rotatable bonds is 3. The van der Waals surface area contributed by atoms with Crippen molar-refractivity contribution in [1.82, 2.24) is 5.32 Å². The molecule has 1 aliphatic carbocycles. The van der Waals surface area contributed by atoms with Crippen LogP contribution < -0.4 is 5.32 Å². The Kier molecular flexibility index (Phi) is 4.43. The van der Waals surface area contributed by atoms with Gasteiger partial charge >= 0.3 is 6.18 Å². The van der Waals surface area contributed by atoms with Gasteiger partial charge in [0, 0.05) is 11.4 Å². The highest BCUT2D eigenvalue weighted by Crippen LogP contribution is 2.27. The van der Waals surface area contributed by atoms with E-state index in [1.165, 1.54) is 0 Å². The molecule has 1 aliphatic rings. The van der Waals surface area contributed by atoms with Crippen molar-refractivity contribution in [2.45, 2.75) is 37.9 Å². The lowest BCUT2D eigenvalue weighted by Crippen LogP contribution is -2.39. The predicted octanol–water partition coefficient (Wildman–Crippen LogP) is 2.62. The van der Waals surface area contributed by atoms with Crippen molar-refractivity contribution in [3.05, 3.63) is 0 Å². The van der Waals surface area contributed by atoms with Crippen LogP contribution in [0.2, 0.25) is 0 Å². The van der Waals surface area contributed by atoms with Gasteiger partial charge in [0.05, 0.1) is 0 Å². The van der Waals surface area contributed by atoms with Gasteiger partial charge in [-0.25, -0.2) is 0 Å². The maximum atomic E-state index is 11.9. The van der Waals surface area contributed by atoms with Crippen LogP contribution in [0.4, 0.5) is 13.2 Å². The summed E-state index contributed by atoms with van der Waals surface area (Å²) in [6.45, 7) is 0. The highest BCUT2D eigenvalue weighted by molar-refractivity contribution is 9.09. The molecule has 2 nitrogen and oxygen atoms in total. The summed E-state index contributed by atoms with van der Waals surface area (Å²) in [4.78, 5) is 11.0. The smallest absolute Gasteiger partial charge is 0.353 e. The molecule has 15 heavy (non-hydrogen) atoms. The van der Waals surface area contributed by atoms with Crippen LogP contribution in [0.3, 0.4) is 0 Å². The molecular formula is C9H13BrF3NO. The topological polar surface area (TPSA) is 29.1 Å². The van der Waals surface area contributed by atoms with Crippen LogP contribution in [-0.4, -0.2) is 23.5 Å². The third-order valence-corrected chi connectivity index (χ3v) is 3.40. The van der Waals surface area contributed by atoms with Crippen molar-refractivity contribution in [2.75, 3.05) is 5.33 Å². The fraction of sp³-hybridized carbons (Fsp3) is 0.889. The van der Waals surface area contributed by atoms with E-state index in [-0.39, 0.29) is 12.0 Å². The molecular weight excluding hydrogens is 275 g/mol. The quantitative estimate of drug-likeness (QED) is 0.795. The molecule has 2 atom stereocenters. The van der Waals surface area contributed by atoms with E-state index in [4.69, 9.17) is 0 Å². The first kappa shape index (κ1) is 12.8. The maximum absolute atomic E-state index is 11.9. The number of amides is 1. The third kappa shape index (κ3) is 4.40. The van der Waals surface area contributed by atoms with Crippen molar-refractivity contribution in [1.29, 1.82) is 0 Å². The van der Waals surface area contributed by atoms with E-state index in [1.807, 2.05) is 0 Å². The Hall–Kier alpha value is -0.260. The van der Waals surface area contributed by atoms with Crippen LogP contribution in [0.25, 0.3) is 0 Å². The van der Waals surface area contributed by atoms with Gasteiger partial charge in [-0.05, 0) is 18.8 Å². The second kappa shape index (κ2) is 5.18. The van der Waals surface area contributed by atoms with E-state index in [9.17, 15) is 18.0 Å². The van der Waals surface area contributed by atoms with Gasteiger partial charge in [-0.2, -0.15) is 13.2 Å². The van der Waals surface area contributed by atoms with Gasteiger partial charge in [0.15, 0.2) is 0 Å². The van der Waals surface area contributed by atoms with Crippen LogP contribution in [0.5, 0.6) is 0 Å². The fourth-order valence-electron chi connectivity index (χ4n) is 1.85. The lowest BCUT2D eigenvalue weighted by Gasteiger charge is -2.19. The number of carbonyl (C=O) groups is 1. The number of carbonyl (C=O) groups excluding carboxylic acids is 1. The molecule has 0 aromatic carbocycles. The Morgan fingerprint density at radius 2 is 2.07 bits per heavy atom. The standard InChI is InChI=1S/C9H13BrF3NO/c10-5-6-2-1-3-7(6)14-8(15)4-9(11,12)13/h6-7H,1-5H2,(H,14,15). The molecule has 1 rings (SSSR count). The summed E-state index contributed by atoms with van der Waals surface area (Å²) in [5.41, 5.74) is 0. The van der Waals surface area contributed by atoms with Gasteiger partial charge in [-0.1, -0.05) is 22.4 Å². The molecule has 1 amide bonds. The van der Waals surface area contributed by atoms with Crippen molar-refractivity contribution >= 4 is 21.8 Å². The number of hydrogen-bond donors (Lipinski definition) is 1. The number of halogens is 4. The molecule has 0 bridgehead atoms. The second-order valence-corrected chi connectivity index (χ2v) is 4.46. The Balaban J connectivity index is 2.37. The van der Waals surface area contributed by atoms with E-state index in [2.05, 4.69) is 21.2 Å². The van der Waals surface area contributed by atoms with Crippen LogP contribution in [-0.2, 0) is 4.79 Å². The third-order valence-electron chi connectivity index (χ3n) is 2.56. The van der Waals surface area contributed by atoms with Crippen molar-refractivity contribution in [3.8, 4) is 0 Å². The van der Waals surface area contributed by atoms with Crippen molar-refractivity contribution < 1.29 is 18.0 Å². The van der Waals surface area contributed by atoms with Gasteiger partial charge < -0.3 is 5.32 Å². The largest absolute Gasteiger partial charge is 0.397 e. The zero-order valence-corrected chi connectivity index (χ0v) is 9.70. The Labute approximate surface area is 94.7 Å². The fourth-order valence-corrected chi connectivity index (χ4v) is 2.63. The molecule has 1 saturated carbocycles. The average molecular weight is 288 g/mol. The van der Waals surface area contributed by atoms with Crippen LogP contribution in [0.1, 0.15) is 25.7 Å². The second-order valence-electron chi connectivity index (χ2n) is 3.81. The normalized spacial score (nSPS) is 26.7. The van der Waals surface area contributed by atoms with Crippen LogP contribution >= 0.6 is 15.9 Å². The number of nitrogens with one attached hydrogen (secondary N) is 1. The summed E-state index contributed by atoms with van der Waals surface area (Å²) in [5, 5.41) is 3.17.